The average Bonchev–Trinajstić information content (AvgIpc) is 2.96. The van der Waals surface area contributed by atoms with Gasteiger partial charge >= 0.3 is 11.9 Å². The van der Waals surface area contributed by atoms with Gasteiger partial charge in [-0.2, -0.15) is 0 Å². The molecule has 0 unspecified atom stereocenters. The highest BCUT2D eigenvalue weighted by Gasteiger charge is 2.32. The van der Waals surface area contributed by atoms with Crippen molar-refractivity contribution in [3.63, 3.8) is 0 Å². The standard InChI is InChI=1S/C21H26O5/c22-19-14-13-16(18(19)5-3-1-2-4-6-20(23)24)10-7-15-8-11-17(12-9-15)21(25)26/h7-12,16,18H,1-6,13-14H2,(H,23,24)(H,25,26)/t16-,18+/m1/s1. The van der Waals surface area contributed by atoms with E-state index in [2.05, 4.69) is 6.08 Å². The number of aromatic carboxylic acids is 1. The summed E-state index contributed by atoms with van der Waals surface area (Å²) in [6.07, 6.45) is 10.1. The minimum Gasteiger partial charge on any atom is -0.481 e. The molecule has 0 aliphatic heterocycles. The number of Topliss-reactive ketones (excluding diaryl/α,β-unsaturated/α-hetero) is 1. The van der Waals surface area contributed by atoms with E-state index in [1.54, 1.807) is 24.3 Å². The average molecular weight is 358 g/mol. The van der Waals surface area contributed by atoms with Crippen molar-refractivity contribution in [2.75, 3.05) is 0 Å². The molecule has 0 aromatic heterocycles. The fourth-order valence-electron chi connectivity index (χ4n) is 3.51. The number of aliphatic carboxylic acids is 1. The maximum atomic E-state index is 12.1. The fourth-order valence-corrected chi connectivity index (χ4v) is 3.51. The SMILES string of the molecule is O=C(O)CCCCCC[C@@H]1C(=O)CC[C@H]1C=Cc1ccc(C(=O)O)cc1. The van der Waals surface area contributed by atoms with Crippen LogP contribution >= 0.6 is 0 Å². The summed E-state index contributed by atoms with van der Waals surface area (Å²) in [5.74, 6) is -1.07. The number of unbranched alkanes of at least 4 members (excludes halogenated alkanes) is 3. The van der Waals surface area contributed by atoms with Gasteiger partial charge in [-0.15, -0.1) is 0 Å². The summed E-state index contributed by atoms with van der Waals surface area (Å²) in [6, 6.07) is 6.70. The molecule has 1 aliphatic carbocycles. The monoisotopic (exact) mass is 358 g/mol. The number of allylic oxidation sites excluding steroid dienone is 1. The van der Waals surface area contributed by atoms with E-state index in [1.165, 1.54) is 0 Å². The summed E-state index contributed by atoms with van der Waals surface area (Å²) in [4.78, 5) is 33.5. The summed E-state index contributed by atoms with van der Waals surface area (Å²) in [5.41, 5.74) is 1.20. The third kappa shape index (κ3) is 6.14. The largest absolute Gasteiger partial charge is 0.481 e. The van der Waals surface area contributed by atoms with Crippen molar-refractivity contribution in [2.45, 2.75) is 51.4 Å². The Balaban J connectivity index is 1.82. The van der Waals surface area contributed by atoms with Gasteiger partial charge in [0.25, 0.3) is 0 Å². The Morgan fingerprint density at radius 1 is 1.04 bits per heavy atom. The van der Waals surface area contributed by atoms with E-state index in [0.29, 0.717) is 18.6 Å². The van der Waals surface area contributed by atoms with Crippen LogP contribution in [-0.2, 0) is 9.59 Å². The number of rotatable bonds is 10. The van der Waals surface area contributed by atoms with E-state index in [-0.39, 0.29) is 23.8 Å². The number of ketones is 1. The first kappa shape index (κ1) is 19.9. The zero-order valence-corrected chi connectivity index (χ0v) is 14.9. The third-order valence-electron chi connectivity index (χ3n) is 5.00. The first-order valence-corrected chi connectivity index (χ1v) is 9.23. The van der Waals surface area contributed by atoms with Gasteiger partial charge in [0, 0.05) is 18.8 Å². The van der Waals surface area contributed by atoms with Crippen LogP contribution in [0.3, 0.4) is 0 Å². The number of benzene rings is 1. The zero-order chi connectivity index (χ0) is 18.9. The molecule has 1 aromatic rings. The molecule has 1 fully saturated rings. The molecule has 1 aromatic carbocycles. The summed E-state index contributed by atoms with van der Waals surface area (Å²) >= 11 is 0. The third-order valence-corrected chi connectivity index (χ3v) is 5.00. The van der Waals surface area contributed by atoms with Gasteiger partial charge in [-0.25, -0.2) is 4.79 Å². The van der Waals surface area contributed by atoms with Gasteiger partial charge in [0.1, 0.15) is 5.78 Å². The Bertz CT molecular complexity index is 659. The van der Waals surface area contributed by atoms with Crippen LogP contribution < -0.4 is 0 Å². The lowest BCUT2D eigenvalue weighted by atomic mass is 9.89. The van der Waals surface area contributed by atoms with Crippen LogP contribution in [0.25, 0.3) is 6.08 Å². The van der Waals surface area contributed by atoms with Crippen molar-refractivity contribution in [1.82, 2.24) is 0 Å². The molecule has 2 N–H and O–H groups in total. The second-order valence-electron chi connectivity index (χ2n) is 6.91. The van der Waals surface area contributed by atoms with Crippen LogP contribution in [-0.4, -0.2) is 27.9 Å². The van der Waals surface area contributed by atoms with Gasteiger partial charge < -0.3 is 10.2 Å². The Labute approximate surface area is 153 Å². The Morgan fingerprint density at radius 3 is 2.38 bits per heavy atom. The number of hydrogen-bond donors (Lipinski definition) is 2. The van der Waals surface area contributed by atoms with Crippen molar-refractivity contribution < 1.29 is 24.6 Å². The minimum atomic E-state index is -0.940. The van der Waals surface area contributed by atoms with E-state index in [9.17, 15) is 14.4 Å². The topological polar surface area (TPSA) is 91.7 Å². The predicted octanol–water partition coefficient (Wildman–Crippen LogP) is 4.42. The molecule has 0 radical (unpaired) electrons. The lowest BCUT2D eigenvalue weighted by molar-refractivity contribution is -0.137. The number of carbonyl (C=O) groups excluding carboxylic acids is 1. The number of carbonyl (C=O) groups is 3. The molecule has 0 heterocycles. The molecule has 1 aliphatic rings. The van der Waals surface area contributed by atoms with Crippen LogP contribution in [0.4, 0.5) is 0 Å². The molecule has 0 saturated heterocycles. The molecule has 5 heteroatoms. The molecule has 1 saturated carbocycles. The first-order chi connectivity index (χ1) is 12.5. The molecule has 0 spiro atoms. The van der Waals surface area contributed by atoms with Gasteiger partial charge in [0.15, 0.2) is 0 Å². The highest BCUT2D eigenvalue weighted by atomic mass is 16.4. The summed E-state index contributed by atoms with van der Waals surface area (Å²) in [5, 5.41) is 17.5. The van der Waals surface area contributed by atoms with Crippen molar-refractivity contribution >= 4 is 23.8 Å². The molecule has 26 heavy (non-hydrogen) atoms. The predicted molar refractivity (Wildman–Crippen MR) is 99.0 cm³/mol. The molecule has 0 bridgehead atoms. The minimum absolute atomic E-state index is 0.0593. The maximum absolute atomic E-state index is 12.1. The van der Waals surface area contributed by atoms with Crippen molar-refractivity contribution in [3.05, 3.63) is 41.5 Å². The smallest absolute Gasteiger partial charge is 0.335 e. The van der Waals surface area contributed by atoms with Crippen LogP contribution in [0.15, 0.2) is 30.3 Å². The van der Waals surface area contributed by atoms with Gasteiger partial charge in [0.2, 0.25) is 0 Å². The van der Waals surface area contributed by atoms with E-state index in [1.807, 2.05) is 6.08 Å². The van der Waals surface area contributed by atoms with Crippen LogP contribution in [0.2, 0.25) is 0 Å². The zero-order valence-electron chi connectivity index (χ0n) is 14.9. The molecule has 2 rings (SSSR count). The van der Waals surface area contributed by atoms with Gasteiger partial charge in [-0.1, -0.05) is 43.5 Å². The van der Waals surface area contributed by atoms with Crippen molar-refractivity contribution in [3.8, 4) is 0 Å². The number of carboxylic acid groups (broad SMARTS) is 2. The van der Waals surface area contributed by atoms with E-state index in [4.69, 9.17) is 10.2 Å². The second kappa shape index (κ2) is 9.90. The molecule has 0 amide bonds. The lowest BCUT2D eigenvalue weighted by Crippen LogP contribution is -2.13. The molecular weight excluding hydrogens is 332 g/mol. The van der Waals surface area contributed by atoms with Crippen LogP contribution in [0.5, 0.6) is 0 Å². The highest BCUT2D eigenvalue weighted by molar-refractivity contribution is 5.87. The quantitative estimate of drug-likeness (QED) is 0.604. The van der Waals surface area contributed by atoms with Crippen molar-refractivity contribution in [2.24, 2.45) is 11.8 Å². The second-order valence-corrected chi connectivity index (χ2v) is 6.91. The molecule has 140 valence electrons. The molecule has 5 nitrogen and oxygen atoms in total. The number of hydrogen-bond acceptors (Lipinski definition) is 3. The first-order valence-electron chi connectivity index (χ1n) is 9.23. The normalized spacial score (nSPS) is 19.9. The van der Waals surface area contributed by atoms with Crippen molar-refractivity contribution in [1.29, 1.82) is 0 Å². The van der Waals surface area contributed by atoms with E-state index >= 15 is 0 Å². The Hall–Kier alpha value is -2.43. The Morgan fingerprint density at radius 2 is 1.73 bits per heavy atom. The number of carboxylic acids is 2. The highest BCUT2D eigenvalue weighted by Crippen LogP contribution is 2.34. The fraction of sp³-hybridized carbons (Fsp3) is 0.476. The van der Waals surface area contributed by atoms with Crippen LogP contribution in [0.1, 0.15) is 67.3 Å². The summed E-state index contributed by atoms with van der Waals surface area (Å²) in [7, 11) is 0. The van der Waals surface area contributed by atoms with Gasteiger partial charge in [-0.05, 0) is 42.9 Å². The molecule has 2 atom stereocenters. The Kier molecular flexibility index (Phi) is 7.57. The molecular formula is C21H26O5. The maximum Gasteiger partial charge on any atom is 0.335 e. The van der Waals surface area contributed by atoms with Crippen LogP contribution in [0, 0.1) is 11.8 Å². The van der Waals surface area contributed by atoms with Gasteiger partial charge in [0.05, 0.1) is 5.56 Å². The summed E-state index contributed by atoms with van der Waals surface area (Å²) in [6.45, 7) is 0. The van der Waals surface area contributed by atoms with Gasteiger partial charge in [-0.3, -0.25) is 9.59 Å². The van der Waals surface area contributed by atoms with E-state index in [0.717, 1.165) is 37.7 Å². The summed E-state index contributed by atoms with van der Waals surface area (Å²) < 4.78 is 0. The van der Waals surface area contributed by atoms with E-state index < -0.39 is 11.9 Å². The lowest BCUT2D eigenvalue weighted by Gasteiger charge is -2.14.